The van der Waals surface area contributed by atoms with Gasteiger partial charge in [0.2, 0.25) is 0 Å². The second-order valence-corrected chi connectivity index (χ2v) is 7.05. The van der Waals surface area contributed by atoms with Crippen molar-refractivity contribution in [2.75, 3.05) is 19.7 Å². The molecular weight excluding hydrogens is 246 g/mol. The second kappa shape index (κ2) is 6.62. The minimum atomic E-state index is 0.332. The van der Waals surface area contributed by atoms with Crippen molar-refractivity contribution in [3.05, 3.63) is 29.8 Å². The van der Waals surface area contributed by atoms with Crippen molar-refractivity contribution in [3.8, 4) is 5.75 Å². The topological polar surface area (TPSA) is 21.3 Å². The van der Waals surface area contributed by atoms with Gasteiger partial charge in [0.25, 0.3) is 0 Å². The van der Waals surface area contributed by atoms with E-state index in [2.05, 4.69) is 57.3 Å². The smallest absolute Gasteiger partial charge is 0.122 e. The Bertz CT molecular complexity index is 422. The Kier molecular flexibility index (Phi) is 5.09. The lowest BCUT2D eigenvalue weighted by Crippen LogP contribution is -2.33. The molecule has 0 bridgehead atoms. The number of rotatable bonds is 6. The van der Waals surface area contributed by atoms with E-state index in [1.807, 2.05) is 0 Å². The van der Waals surface area contributed by atoms with Crippen LogP contribution in [0.15, 0.2) is 24.3 Å². The molecule has 0 aliphatic carbocycles. The van der Waals surface area contributed by atoms with Crippen molar-refractivity contribution in [2.24, 2.45) is 11.3 Å². The molecule has 2 nitrogen and oxygen atoms in total. The molecule has 1 heterocycles. The molecule has 2 atom stereocenters. The summed E-state index contributed by atoms with van der Waals surface area (Å²) in [5.41, 5.74) is 1.73. The summed E-state index contributed by atoms with van der Waals surface area (Å²) in [5, 5.41) is 3.60. The molecule has 0 radical (unpaired) electrons. The van der Waals surface area contributed by atoms with Gasteiger partial charge in [-0.05, 0) is 43.3 Å². The predicted molar refractivity (Wildman–Crippen MR) is 85.4 cm³/mol. The number of benzene rings is 1. The molecule has 0 saturated carbocycles. The van der Waals surface area contributed by atoms with Gasteiger partial charge in [-0.15, -0.1) is 0 Å². The lowest BCUT2D eigenvalue weighted by atomic mass is 9.75. The van der Waals surface area contributed by atoms with Crippen LogP contribution in [0.3, 0.4) is 0 Å². The molecule has 0 aromatic heterocycles. The summed E-state index contributed by atoms with van der Waals surface area (Å²) in [5.74, 6) is 2.32. The highest BCUT2D eigenvalue weighted by Crippen LogP contribution is 2.40. The van der Waals surface area contributed by atoms with Crippen molar-refractivity contribution in [1.29, 1.82) is 0 Å². The Morgan fingerprint density at radius 2 is 2.05 bits per heavy atom. The third kappa shape index (κ3) is 3.76. The normalized spacial score (nSPS) is 19.5. The maximum absolute atomic E-state index is 5.83. The number of hydrogen-bond acceptors (Lipinski definition) is 2. The van der Waals surface area contributed by atoms with Crippen LogP contribution in [0.5, 0.6) is 5.75 Å². The van der Waals surface area contributed by atoms with Gasteiger partial charge < -0.3 is 10.1 Å². The first-order valence-corrected chi connectivity index (χ1v) is 7.94. The monoisotopic (exact) mass is 275 g/mol. The number of nitrogens with one attached hydrogen (secondary N) is 1. The van der Waals surface area contributed by atoms with Crippen LogP contribution in [0.1, 0.15) is 52.0 Å². The van der Waals surface area contributed by atoms with E-state index in [0.717, 1.165) is 25.4 Å². The zero-order valence-electron chi connectivity index (χ0n) is 13.4. The van der Waals surface area contributed by atoms with Crippen molar-refractivity contribution in [3.63, 3.8) is 0 Å². The van der Waals surface area contributed by atoms with E-state index < -0.39 is 0 Å². The molecule has 1 aliphatic heterocycles. The highest BCUT2D eigenvalue weighted by atomic mass is 16.5. The first-order chi connectivity index (χ1) is 9.52. The molecular formula is C18H29NO. The molecule has 2 heteroatoms. The van der Waals surface area contributed by atoms with Crippen LogP contribution in [0, 0.1) is 11.3 Å². The Balaban J connectivity index is 2.01. The van der Waals surface area contributed by atoms with Crippen molar-refractivity contribution in [1.82, 2.24) is 5.32 Å². The molecule has 2 rings (SSSR count). The molecule has 1 aromatic carbocycles. The van der Waals surface area contributed by atoms with Gasteiger partial charge in [0.1, 0.15) is 5.75 Å². The average Bonchev–Trinajstić information content (AvgIpc) is 2.80. The lowest BCUT2D eigenvalue weighted by Gasteiger charge is -2.33. The van der Waals surface area contributed by atoms with Crippen LogP contribution in [0.25, 0.3) is 0 Å². The summed E-state index contributed by atoms with van der Waals surface area (Å²) in [4.78, 5) is 0. The summed E-state index contributed by atoms with van der Waals surface area (Å²) in [6.45, 7) is 12.4. The van der Waals surface area contributed by atoms with Gasteiger partial charge in [0, 0.05) is 11.5 Å². The molecule has 20 heavy (non-hydrogen) atoms. The molecule has 0 spiro atoms. The third-order valence-corrected chi connectivity index (χ3v) is 4.41. The minimum absolute atomic E-state index is 0.332. The molecule has 0 saturated heterocycles. The Morgan fingerprint density at radius 1 is 1.30 bits per heavy atom. The van der Waals surface area contributed by atoms with Crippen LogP contribution in [-0.4, -0.2) is 19.7 Å². The van der Waals surface area contributed by atoms with Crippen molar-refractivity contribution < 1.29 is 4.74 Å². The van der Waals surface area contributed by atoms with E-state index in [9.17, 15) is 0 Å². The standard InChI is InChI=1S/C18H29NO/c1-5-10-19-12-15(18(2,3)4)11-14-13-20-17-9-7-6-8-16(14)17/h6-9,14-15,19H,5,10-13H2,1-4H3. The molecule has 1 N–H and O–H groups in total. The number of ether oxygens (including phenoxy) is 1. The van der Waals surface area contributed by atoms with E-state index in [4.69, 9.17) is 4.74 Å². The lowest BCUT2D eigenvalue weighted by molar-refractivity contribution is 0.195. The Morgan fingerprint density at radius 3 is 2.75 bits per heavy atom. The van der Waals surface area contributed by atoms with Crippen molar-refractivity contribution in [2.45, 2.75) is 46.5 Å². The van der Waals surface area contributed by atoms with Gasteiger partial charge in [-0.25, -0.2) is 0 Å². The van der Waals surface area contributed by atoms with Crippen LogP contribution >= 0.6 is 0 Å². The SMILES string of the molecule is CCCNCC(CC1COc2ccccc21)C(C)(C)C. The fourth-order valence-corrected chi connectivity index (χ4v) is 2.96. The largest absolute Gasteiger partial charge is 0.493 e. The molecule has 0 amide bonds. The highest BCUT2D eigenvalue weighted by molar-refractivity contribution is 5.39. The number of para-hydroxylation sites is 1. The molecule has 1 aromatic rings. The van der Waals surface area contributed by atoms with E-state index >= 15 is 0 Å². The van der Waals surface area contributed by atoms with Crippen LogP contribution < -0.4 is 10.1 Å². The molecule has 112 valence electrons. The van der Waals surface area contributed by atoms with Gasteiger partial charge in [-0.2, -0.15) is 0 Å². The number of fused-ring (bicyclic) bond motifs is 1. The van der Waals surface area contributed by atoms with E-state index in [0.29, 0.717) is 17.3 Å². The molecule has 2 unspecified atom stereocenters. The van der Waals surface area contributed by atoms with Gasteiger partial charge in [0.05, 0.1) is 6.61 Å². The first kappa shape index (κ1) is 15.4. The Hall–Kier alpha value is -1.02. The van der Waals surface area contributed by atoms with Crippen LogP contribution in [-0.2, 0) is 0 Å². The van der Waals surface area contributed by atoms with Crippen molar-refractivity contribution >= 4 is 0 Å². The minimum Gasteiger partial charge on any atom is -0.493 e. The van der Waals surface area contributed by atoms with Gasteiger partial charge in [0.15, 0.2) is 0 Å². The number of hydrogen-bond donors (Lipinski definition) is 1. The summed E-state index contributed by atoms with van der Waals surface area (Å²) >= 11 is 0. The second-order valence-electron chi connectivity index (χ2n) is 7.05. The quantitative estimate of drug-likeness (QED) is 0.785. The average molecular weight is 275 g/mol. The predicted octanol–water partition coefficient (Wildman–Crippen LogP) is 4.21. The fourth-order valence-electron chi connectivity index (χ4n) is 2.96. The zero-order chi connectivity index (χ0) is 14.6. The van der Waals surface area contributed by atoms with Gasteiger partial charge in [-0.3, -0.25) is 0 Å². The Labute approximate surface area is 123 Å². The summed E-state index contributed by atoms with van der Waals surface area (Å²) in [6.07, 6.45) is 2.41. The molecule has 1 aliphatic rings. The highest BCUT2D eigenvalue weighted by Gasteiger charge is 2.31. The maximum atomic E-state index is 5.83. The summed E-state index contributed by atoms with van der Waals surface area (Å²) < 4.78 is 5.83. The third-order valence-electron chi connectivity index (χ3n) is 4.41. The first-order valence-electron chi connectivity index (χ1n) is 7.94. The van der Waals surface area contributed by atoms with Crippen LogP contribution in [0.4, 0.5) is 0 Å². The van der Waals surface area contributed by atoms with E-state index in [1.54, 1.807) is 0 Å². The summed E-state index contributed by atoms with van der Waals surface area (Å²) in [7, 11) is 0. The fraction of sp³-hybridized carbons (Fsp3) is 0.667. The molecule has 0 fully saturated rings. The maximum Gasteiger partial charge on any atom is 0.122 e. The van der Waals surface area contributed by atoms with E-state index in [-0.39, 0.29) is 0 Å². The van der Waals surface area contributed by atoms with E-state index in [1.165, 1.54) is 18.4 Å². The summed E-state index contributed by atoms with van der Waals surface area (Å²) in [6, 6.07) is 8.51. The van der Waals surface area contributed by atoms with Gasteiger partial charge >= 0.3 is 0 Å². The van der Waals surface area contributed by atoms with Crippen LogP contribution in [0.2, 0.25) is 0 Å². The zero-order valence-corrected chi connectivity index (χ0v) is 13.4. The van der Waals surface area contributed by atoms with Gasteiger partial charge in [-0.1, -0.05) is 45.9 Å².